The van der Waals surface area contributed by atoms with E-state index in [1.54, 1.807) is 12.4 Å². The van der Waals surface area contributed by atoms with Gasteiger partial charge in [0.15, 0.2) is 0 Å². The molecule has 52 valence electrons. The molecule has 1 aromatic rings. The number of nitrogens with zero attached hydrogens (tertiary/aromatic N) is 1. The molecule has 2 nitrogen and oxygen atoms in total. The highest BCUT2D eigenvalue weighted by Gasteiger charge is 2.00. The van der Waals surface area contributed by atoms with E-state index in [1.807, 2.05) is 19.1 Å². The van der Waals surface area contributed by atoms with Crippen molar-refractivity contribution in [3.05, 3.63) is 30.1 Å². The van der Waals surface area contributed by atoms with Gasteiger partial charge in [-0.15, -0.1) is 0 Å². The van der Waals surface area contributed by atoms with Crippen LogP contribution in [-0.2, 0) is 4.79 Å². The zero-order chi connectivity index (χ0) is 7.40. The van der Waals surface area contributed by atoms with Crippen LogP contribution in [0, 0.1) is 0 Å². The van der Waals surface area contributed by atoms with E-state index in [0.717, 1.165) is 11.8 Å². The summed E-state index contributed by atoms with van der Waals surface area (Å²) in [5.74, 6) is -0.0336. The van der Waals surface area contributed by atoms with Crippen molar-refractivity contribution in [1.82, 2.24) is 4.98 Å². The Hall–Kier alpha value is -1.18. The van der Waals surface area contributed by atoms with Crippen molar-refractivity contribution in [3.63, 3.8) is 0 Å². The first-order valence-corrected chi connectivity index (χ1v) is 3.20. The van der Waals surface area contributed by atoms with Crippen LogP contribution in [0.4, 0.5) is 0 Å². The predicted octanol–water partition coefficient (Wildman–Crippen LogP) is 1.38. The van der Waals surface area contributed by atoms with Crippen molar-refractivity contribution in [2.75, 3.05) is 0 Å². The van der Waals surface area contributed by atoms with Gasteiger partial charge in [0.1, 0.15) is 6.29 Å². The van der Waals surface area contributed by atoms with E-state index in [4.69, 9.17) is 0 Å². The average Bonchev–Trinajstić information content (AvgIpc) is 2.05. The predicted molar refractivity (Wildman–Crippen MR) is 38.7 cm³/mol. The normalized spacial score (nSPS) is 12.5. The van der Waals surface area contributed by atoms with Gasteiger partial charge in [0, 0.05) is 18.3 Å². The summed E-state index contributed by atoms with van der Waals surface area (Å²) in [6.07, 6.45) is 4.32. The Labute approximate surface area is 59.9 Å². The Morgan fingerprint density at radius 2 is 2.50 bits per heavy atom. The molecule has 0 fully saturated rings. The van der Waals surface area contributed by atoms with Crippen molar-refractivity contribution < 1.29 is 4.79 Å². The molecule has 1 heterocycles. The van der Waals surface area contributed by atoms with Crippen molar-refractivity contribution in [3.8, 4) is 0 Å². The van der Waals surface area contributed by atoms with Gasteiger partial charge in [0.25, 0.3) is 0 Å². The van der Waals surface area contributed by atoms with Crippen LogP contribution in [0.15, 0.2) is 24.5 Å². The Balaban J connectivity index is 2.84. The highest BCUT2D eigenvalue weighted by Crippen LogP contribution is 2.08. The smallest absolute Gasteiger partial charge is 0.127 e. The zero-order valence-electron chi connectivity index (χ0n) is 5.82. The summed E-state index contributed by atoms with van der Waals surface area (Å²) in [6.45, 7) is 1.85. The molecule has 0 aliphatic rings. The molecular formula is C8H9NO. The van der Waals surface area contributed by atoms with Crippen LogP contribution in [0.1, 0.15) is 18.4 Å². The number of carbonyl (C=O) groups excluding carboxylic acids is 1. The molecule has 10 heavy (non-hydrogen) atoms. The van der Waals surface area contributed by atoms with Gasteiger partial charge in [-0.2, -0.15) is 0 Å². The lowest BCUT2D eigenvalue weighted by atomic mass is 10.1. The Morgan fingerprint density at radius 3 is 3.00 bits per heavy atom. The molecule has 0 radical (unpaired) electrons. The standard InChI is InChI=1S/C8H9NO/c1-7(6-10)8-3-2-4-9-5-8/h2-7H,1H3/t7-/m0/s1. The van der Waals surface area contributed by atoms with Crippen LogP contribution in [0.5, 0.6) is 0 Å². The Bertz CT molecular complexity index is 208. The Morgan fingerprint density at radius 1 is 1.70 bits per heavy atom. The van der Waals surface area contributed by atoms with Crippen LogP contribution in [-0.4, -0.2) is 11.3 Å². The van der Waals surface area contributed by atoms with Gasteiger partial charge in [-0.1, -0.05) is 13.0 Å². The molecule has 0 unspecified atom stereocenters. The summed E-state index contributed by atoms with van der Waals surface area (Å²) < 4.78 is 0. The summed E-state index contributed by atoms with van der Waals surface area (Å²) in [4.78, 5) is 14.2. The number of rotatable bonds is 2. The summed E-state index contributed by atoms with van der Waals surface area (Å²) in [6, 6.07) is 3.72. The quantitative estimate of drug-likeness (QED) is 0.573. The van der Waals surface area contributed by atoms with Crippen molar-refractivity contribution in [2.24, 2.45) is 0 Å². The van der Waals surface area contributed by atoms with Gasteiger partial charge in [-0.05, 0) is 11.6 Å². The molecule has 1 atom stereocenters. The first-order valence-electron chi connectivity index (χ1n) is 3.20. The van der Waals surface area contributed by atoms with Gasteiger partial charge in [-0.3, -0.25) is 4.98 Å². The van der Waals surface area contributed by atoms with Gasteiger partial charge < -0.3 is 4.79 Å². The van der Waals surface area contributed by atoms with Crippen LogP contribution < -0.4 is 0 Å². The molecule has 2 heteroatoms. The molecular weight excluding hydrogens is 126 g/mol. The highest BCUT2D eigenvalue weighted by atomic mass is 16.1. The number of aldehydes is 1. The second-order valence-corrected chi connectivity index (χ2v) is 2.21. The molecule has 0 bridgehead atoms. The van der Waals surface area contributed by atoms with Crippen LogP contribution in [0.3, 0.4) is 0 Å². The van der Waals surface area contributed by atoms with E-state index in [0.29, 0.717) is 0 Å². The first kappa shape index (κ1) is 6.93. The molecule has 0 saturated heterocycles. The highest BCUT2D eigenvalue weighted by molar-refractivity contribution is 5.60. The average molecular weight is 135 g/mol. The van der Waals surface area contributed by atoms with Crippen molar-refractivity contribution in [2.45, 2.75) is 12.8 Å². The molecule has 0 aromatic carbocycles. The van der Waals surface area contributed by atoms with Crippen LogP contribution >= 0.6 is 0 Å². The largest absolute Gasteiger partial charge is 0.303 e. The third-order valence-corrected chi connectivity index (χ3v) is 1.41. The van der Waals surface area contributed by atoms with Gasteiger partial charge in [-0.25, -0.2) is 0 Å². The fourth-order valence-corrected chi connectivity index (χ4v) is 0.724. The minimum Gasteiger partial charge on any atom is -0.303 e. The van der Waals surface area contributed by atoms with Crippen LogP contribution in [0.25, 0.3) is 0 Å². The van der Waals surface area contributed by atoms with Gasteiger partial charge in [0.2, 0.25) is 0 Å². The fraction of sp³-hybridized carbons (Fsp3) is 0.250. The number of pyridine rings is 1. The zero-order valence-corrected chi connectivity index (χ0v) is 5.82. The maximum absolute atomic E-state index is 10.3. The molecule has 0 aliphatic carbocycles. The number of hydrogen-bond acceptors (Lipinski definition) is 2. The summed E-state index contributed by atoms with van der Waals surface area (Å²) in [5, 5.41) is 0. The first-order chi connectivity index (χ1) is 4.84. The van der Waals surface area contributed by atoms with E-state index in [1.165, 1.54) is 0 Å². The monoisotopic (exact) mass is 135 g/mol. The van der Waals surface area contributed by atoms with Gasteiger partial charge in [0.05, 0.1) is 0 Å². The van der Waals surface area contributed by atoms with Crippen molar-refractivity contribution in [1.29, 1.82) is 0 Å². The third kappa shape index (κ3) is 1.41. The van der Waals surface area contributed by atoms with Crippen LogP contribution in [0.2, 0.25) is 0 Å². The molecule has 1 rings (SSSR count). The Kier molecular flexibility index (Phi) is 2.15. The minimum atomic E-state index is -0.0336. The molecule has 0 amide bonds. The number of aromatic nitrogens is 1. The lowest BCUT2D eigenvalue weighted by molar-refractivity contribution is -0.108. The third-order valence-electron chi connectivity index (χ3n) is 1.41. The molecule has 0 N–H and O–H groups in total. The van der Waals surface area contributed by atoms with E-state index in [-0.39, 0.29) is 5.92 Å². The molecule has 0 saturated carbocycles. The topological polar surface area (TPSA) is 30.0 Å². The van der Waals surface area contributed by atoms with Crippen molar-refractivity contribution >= 4 is 6.29 Å². The molecule has 1 aromatic heterocycles. The van der Waals surface area contributed by atoms with E-state index in [9.17, 15) is 4.79 Å². The second-order valence-electron chi connectivity index (χ2n) is 2.21. The minimum absolute atomic E-state index is 0.0336. The SMILES string of the molecule is C[C@@H](C=O)c1cccnc1. The summed E-state index contributed by atoms with van der Waals surface area (Å²) in [7, 11) is 0. The molecule has 0 aliphatic heterocycles. The summed E-state index contributed by atoms with van der Waals surface area (Å²) in [5.41, 5.74) is 0.970. The van der Waals surface area contributed by atoms with E-state index >= 15 is 0 Å². The maximum atomic E-state index is 10.3. The van der Waals surface area contributed by atoms with Gasteiger partial charge >= 0.3 is 0 Å². The van der Waals surface area contributed by atoms with E-state index in [2.05, 4.69) is 4.98 Å². The summed E-state index contributed by atoms with van der Waals surface area (Å²) >= 11 is 0. The molecule has 0 spiro atoms. The maximum Gasteiger partial charge on any atom is 0.127 e. The fourth-order valence-electron chi connectivity index (χ4n) is 0.724. The number of carbonyl (C=O) groups is 1. The lowest BCUT2D eigenvalue weighted by Crippen LogP contribution is -1.93. The second kappa shape index (κ2) is 3.11. The number of hydrogen-bond donors (Lipinski definition) is 0. The van der Waals surface area contributed by atoms with E-state index < -0.39 is 0 Å². The lowest BCUT2D eigenvalue weighted by Gasteiger charge is -1.99.